The third-order valence-corrected chi connectivity index (χ3v) is 6.76. The van der Waals surface area contributed by atoms with Crippen LogP contribution in [-0.2, 0) is 0 Å². The van der Waals surface area contributed by atoms with Gasteiger partial charge in [0.1, 0.15) is 5.15 Å². The second kappa shape index (κ2) is 5.56. The molecule has 0 N–H and O–H groups in total. The molecule has 0 aliphatic carbocycles. The van der Waals surface area contributed by atoms with Crippen molar-refractivity contribution in [1.82, 2.24) is 9.55 Å². The molecule has 3 aromatic heterocycles. The summed E-state index contributed by atoms with van der Waals surface area (Å²) in [6.45, 7) is 0. The predicted molar refractivity (Wildman–Crippen MR) is 116 cm³/mol. The highest BCUT2D eigenvalue weighted by atomic mass is 35.5. The van der Waals surface area contributed by atoms with Gasteiger partial charge in [0.05, 0.1) is 15.7 Å². The minimum Gasteiger partial charge on any atom is -0.309 e. The van der Waals surface area contributed by atoms with Gasteiger partial charge in [-0.1, -0.05) is 48.0 Å². The van der Waals surface area contributed by atoms with E-state index >= 15 is 0 Å². The monoisotopic (exact) mass is 384 g/mol. The Morgan fingerprint density at radius 2 is 1.44 bits per heavy atom. The van der Waals surface area contributed by atoms with Crippen molar-refractivity contribution in [3.63, 3.8) is 0 Å². The highest BCUT2D eigenvalue weighted by Crippen LogP contribution is 2.39. The Balaban J connectivity index is 1.75. The summed E-state index contributed by atoms with van der Waals surface area (Å²) in [5.41, 5.74) is 3.60. The summed E-state index contributed by atoms with van der Waals surface area (Å²) in [6.07, 6.45) is 1.78. The number of thiophene rings is 1. The summed E-state index contributed by atoms with van der Waals surface area (Å²) in [7, 11) is 0. The second-order valence-corrected chi connectivity index (χ2v) is 8.04. The van der Waals surface area contributed by atoms with Crippen LogP contribution in [0, 0.1) is 0 Å². The fraction of sp³-hybridized carbons (Fsp3) is 0. The highest BCUT2D eigenvalue weighted by molar-refractivity contribution is 7.26. The first-order valence-electron chi connectivity index (χ1n) is 8.76. The van der Waals surface area contributed by atoms with Crippen LogP contribution >= 0.6 is 22.9 Å². The van der Waals surface area contributed by atoms with E-state index in [1.165, 1.54) is 31.9 Å². The third-order valence-electron chi connectivity index (χ3n) is 5.16. The van der Waals surface area contributed by atoms with Gasteiger partial charge in [0.15, 0.2) is 0 Å². The van der Waals surface area contributed by atoms with Crippen molar-refractivity contribution in [1.29, 1.82) is 0 Å². The Morgan fingerprint density at radius 1 is 0.741 bits per heavy atom. The summed E-state index contributed by atoms with van der Waals surface area (Å²) in [5, 5.41) is 5.51. The van der Waals surface area contributed by atoms with Crippen LogP contribution in [-0.4, -0.2) is 9.55 Å². The summed E-state index contributed by atoms with van der Waals surface area (Å²) in [6, 6.07) is 25.9. The second-order valence-electron chi connectivity index (χ2n) is 6.63. The maximum atomic E-state index is 6.32. The van der Waals surface area contributed by atoms with Crippen LogP contribution in [0.5, 0.6) is 0 Å². The van der Waals surface area contributed by atoms with Crippen molar-refractivity contribution >= 4 is 64.9 Å². The Kier molecular flexibility index (Phi) is 3.13. The molecule has 4 heteroatoms. The Bertz CT molecular complexity index is 1440. The summed E-state index contributed by atoms with van der Waals surface area (Å²) in [5.74, 6) is 0. The minimum atomic E-state index is 0.576. The summed E-state index contributed by atoms with van der Waals surface area (Å²) in [4.78, 5) is 4.23. The molecule has 0 unspecified atom stereocenters. The summed E-state index contributed by atoms with van der Waals surface area (Å²) < 4.78 is 4.62. The number of nitrogens with zero attached hydrogens (tertiary/aromatic N) is 2. The number of hydrogen-bond donors (Lipinski definition) is 0. The molecule has 0 aliphatic heterocycles. The molecule has 0 bridgehead atoms. The van der Waals surface area contributed by atoms with E-state index in [4.69, 9.17) is 11.6 Å². The quantitative estimate of drug-likeness (QED) is 0.274. The van der Waals surface area contributed by atoms with E-state index in [0.29, 0.717) is 5.15 Å². The van der Waals surface area contributed by atoms with E-state index in [1.54, 1.807) is 17.5 Å². The van der Waals surface area contributed by atoms with Gasteiger partial charge in [-0.05, 0) is 36.4 Å². The topological polar surface area (TPSA) is 17.8 Å². The van der Waals surface area contributed by atoms with Crippen LogP contribution in [0.15, 0.2) is 79.0 Å². The fourth-order valence-corrected chi connectivity index (χ4v) is 5.33. The van der Waals surface area contributed by atoms with Gasteiger partial charge in [-0.3, -0.25) is 0 Å². The van der Waals surface area contributed by atoms with E-state index in [9.17, 15) is 0 Å². The van der Waals surface area contributed by atoms with Crippen LogP contribution < -0.4 is 0 Å². The van der Waals surface area contributed by atoms with Gasteiger partial charge >= 0.3 is 0 Å². The molecule has 0 amide bonds. The molecule has 0 spiro atoms. The lowest BCUT2D eigenvalue weighted by Gasteiger charge is -2.08. The van der Waals surface area contributed by atoms with Gasteiger partial charge in [-0.25, -0.2) is 4.98 Å². The maximum absolute atomic E-state index is 6.32. The first-order chi connectivity index (χ1) is 13.3. The van der Waals surface area contributed by atoms with Gasteiger partial charge in [-0.15, -0.1) is 11.3 Å². The predicted octanol–water partition coefficient (Wildman–Crippen LogP) is 7.20. The molecule has 0 atom stereocenters. The molecule has 0 saturated carbocycles. The third kappa shape index (κ3) is 2.10. The van der Waals surface area contributed by atoms with Crippen LogP contribution in [0.25, 0.3) is 47.7 Å². The van der Waals surface area contributed by atoms with Gasteiger partial charge in [0.2, 0.25) is 0 Å². The Morgan fingerprint density at radius 3 is 2.19 bits per heavy atom. The van der Waals surface area contributed by atoms with Crippen molar-refractivity contribution < 1.29 is 0 Å². The lowest BCUT2D eigenvalue weighted by molar-refractivity contribution is 1.19. The van der Waals surface area contributed by atoms with E-state index in [-0.39, 0.29) is 0 Å². The van der Waals surface area contributed by atoms with E-state index in [2.05, 4.69) is 82.3 Å². The van der Waals surface area contributed by atoms with Gasteiger partial charge in [-0.2, -0.15) is 0 Å². The number of fused-ring (bicyclic) bond motifs is 6. The van der Waals surface area contributed by atoms with Crippen LogP contribution in [0.3, 0.4) is 0 Å². The number of halogens is 1. The molecule has 3 aromatic carbocycles. The van der Waals surface area contributed by atoms with Crippen LogP contribution in [0.4, 0.5) is 0 Å². The summed E-state index contributed by atoms with van der Waals surface area (Å²) >= 11 is 8.02. The van der Waals surface area contributed by atoms with Crippen LogP contribution in [0.1, 0.15) is 0 Å². The highest BCUT2D eigenvalue weighted by Gasteiger charge is 2.14. The fourth-order valence-electron chi connectivity index (χ4n) is 4.00. The molecule has 0 aliphatic rings. The lowest BCUT2D eigenvalue weighted by atomic mass is 10.1. The Labute approximate surface area is 164 Å². The molecule has 0 radical (unpaired) electrons. The first kappa shape index (κ1) is 15.2. The van der Waals surface area contributed by atoms with E-state index in [0.717, 1.165) is 15.8 Å². The number of hydrogen-bond acceptors (Lipinski definition) is 2. The molecular formula is C23H13ClN2S. The van der Waals surface area contributed by atoms with Gasteiger partial charge in [0, 0.05) is 38.1 Å². The zero-order chi connectivity index (χ0) is 18.0. The molecule has 0 fully saturated rings. The molecule has 2 nitrogen and oxygen atoms in total. The molecule has 27 heavy (non-hydrogen) atoms. The van der Waals surface area contributed by atoms with Gasteiger partial charge in [0.25, 0.3) is 0 Å². The number of rotatable bonds is 1. The molecular weight excluding hydrogens is 372 g/mol. The minimum absolute atomic E-state index is 0.576. The van der Waals surface area contributed by atoms with Crippen molar-refractivity contribution in [3.05, 3.63) is 84.1 Å². The smallest absolute Gasteiger partial charge is 0.146 e. The normalized spacial score (nSPS) is 11.9. The average molecular weight is 385 g/mol. The van der Waals surface area contributed by atoms with Crippen molar-refractivity contribution in [2.75, 3.05) is 0 Å². The molecule has 128 valence electrons. The van der Waals surface area contributed by atoms with Gasteiger partial charge < -0.3 is 4.57 Å². The molecule has 6 rings (SSSR count). The van der Waals surface area contributed by atoms with Crippen molar-refractivity contribution in [2.24, 2.45) is 0 Å². The van der Waals surface area contributed by atoms with Crippen molar-refractivity contribution in [2.45, 2.75) is 0 Å². The zero-order valence-electron chi connectivity index (χ0n) is 14.2. The molecule has 6 aromatic rings. The average Bonchev–Trinajstić information content (AvgIpc) is 3.24. The maximum Gasteiger partial charge on any atom is 0.146 e. The zero-order valence-corrected chi connectivity index (χ0v) is 15.8. The Hall–Kier alpha value is -2.88. The van der Waals surface area contributed by atoms with Crippen LogP contribution in [0.2, 0.25) is 5.15 Å². The number of pyridine rings is 1. The SMILES string of the molecule is Clc1nccc2c1sc1ccc(-n3c4ccccc4c4ccccc43)cc12. The molecule has 3 heterocycles. The first-order valence-corrected chi connectivity index (χ1v) is 9.96. The number of benzene rings is 3. The standard InChI is InChI=1S/C23H13ClN2S/c24-23-22-17(11-12-25-23)18-13-14(9-10-21(18)27-22)26-19-7-3-1-5-15(19)16-6-2-4-8-20(16)26/h1-13H. The molecule has 0 saturated heterocycles. The largest absolute Gasteiger partial charge is 0.309 e. The van der Waals surface area contributed by atoms with E-state index < -0.39 is 0 Å². The number of aromatic nitrogens is 2. The lowest BCUT2D eigenvalue weighted by Crippen LogP contribution is -1.93. The van der Waals surface area contributed by atoms with Crippen molar-refractivity contribution in [3.8, 4) is 5.69 Å². The number of para-hydroxylation sites is 2. The van der Waals surface area contributed by atoms with E-state index in [1.807, 2.05) is 0 Å².